The lowest BCUT2D eigenvalue weighted by Crippen LogP contribution is -2.49. The lowest BCUT2D eigenvalue weighted by molar-refractivity contribution is 0.0573. The summed E-state index contributed by atoms with van der Waals surface area (Å²) in [6.45, 7) is 5.28. The van der Waals surface area contributed by atoms with Gasteiger partial charge in [0.2, 0.25) is 0 Å². The van der Waals surface area contributed by atoms with Crippen molar-refractivity contribution >= 4 is 11.6 Å². The average Bonchev–Trinajstić information content (AvgIpc) is 2.67. The summed E-state index contributed by atoms with van der Waals surface area (Å²) in [6.07, 6.45) is 3.52. The second-order valence-corrected chi connectivity index (χ2v) is 6.55. The zero-order valence-electron chi connectivity index (χ0n) is 15.1. The first-order chi connectivity index (χ1) is 12.1. The standard InChI is InChI=1S/C19H25N5O/c1-15(17-6-4-5-8-20-17)23-10-12-24(13-11-23)19(25)18-14-16(22(2)3)7-9-21-18/h4-9,14-15H,10-13H2,1-3H3. The Morgan fingerprint density at radius 2 is 1.84 bits per heavy atom. The van der Waals surface area contributed by atoms with Gasteiger partial charge in [-0.1, -0.05) is 6.07 Å². The van der Waals surface area contributed by atoms with Crippen molar-refractivity contribution in [2.75, 3.05) is 45.2 Å². The minimum atomic E-state index is 0.00818. The molecule has 2 aromatic rings. The van der Waals surface area contributed by atoms with Crippen molar-refractivity contribution in [3.8, 4) is 0 Å². The van der Waals surface area contributed by atoms with E-state index < -0.39 is 0 Å². The number of rotatable bonds is 4. The van der Waals surface area contributed by atoms with Gasteiger partial charge in [-0.2, -0.15) is 0 Å². The Kier molecular flexibility index (Phi) is 5.28. The van der Waals surface area contributed by atoms with Crippen LogP contribution < -0.4 is 4.90 Å². The van der Waals surface area contributed by atoms with Crippen LogP contribution in [0.15, 0.2) is 42.7 Å². The van der Waals surface area contributed by atoms with Gasteiger partial charge in [-0.3, -0.25) is 19.7 Å². The molecule has 3 rings (SSSR count). The second-order valence-electron chi connectivity index (χ2n) is 6.55. The number of nitrogens with zero attached hydrogens (tertiary/aromatic N) is 5. The molecule has 1 unspecified atom stereocenters. The van der Waals surface area contributed by atoms with Crippen LogP contribution in [-0.4, -0.2) is 65.9 Å². The normalized spacial score (nSPS) is 16.5. The highest BCUT2D eigenvalue weighted by Gasteiger charge is 2.26. The predicted octanol–water partition coefficient (Wildman–Crippen LogP) is 2.06. The van der Waals surface area contributed by atoms with E-state index in [-0.39, 0.29) is 11.9 Å². The fourth-order valence-corrected chi connectivity index (χ4v) is 3.10. The molecule has 1 aliphatic rings. The monoisotopic (exact) mass is 339 g/mol. The molecule has 0 radical (unpaired) electrons. The number of pyridine rings is 2. The molecule has 0 aliphatic carbocycles. The van der Waals surface area contributed by atoms with Gasteiger partial charge in [-0.15, -0.1) is 0 Å². The molecule has 1 fully saturated rings. The van der Waals surface area contributed by atoms with E-state index in [1.807, 2.05) is 54.4 Å². The molecule has 25 heavy (non-hydrogen) atoms. The van der Waals surface area contributed by atoms with E-state index >= 15 is 0 Å². The van der Waals surface area contributed by atoms with Gasteiger partial charge in [0.25, 0.3) is 5.91 Å². The summed E-state index contributed by atoms with van der Waals surface area (Å²) < 4.78 is 0. The molecule has 0 N–H and O–H groups in total. The number of carbonyl (C=O) groups excluding carboxylic acids is 1. The first-order valence-corrected chi connectivity index (χ1v) is 8.64. The molecule has 0 bridgehead atoms. The molecule has 0 spiro atoms. The molecule has 0 aromatic carbocycles. The zero-order chi connectivity index (χ0) is 17.8. The summed E-state index contributed by atoms with van der Waals surface area (Å²) in [7, 11) is 3.92. The largest absolute Gasteiger partial charge is 0.378 e. The molecule has 3 heterocycles. The van der Waals surface area contributed by atoms with Crippen molar-refractivity contribution < 1.29 is 4.79 Å². The van der Waals surface area contributed by atoms with E-state index in [4.69, 9.17) is 0 Å². The number of amides is 1. The van der Waals surface area contributed by atoms with Crippen LogP contribution in [-0.2, 0) is 0 Å². The van der Waals surface area contributed by atoms with Gasteiger partial charge in [-0.25, -0.2) is 0 Å². The third-order valence-corrected chi connectivity index (χ3v) is 4.74. The van der Waals surface area contributed by atoms with Crippen molar-refractivity contribution in [2.24, 2.45) is 0 Å². The van der Waals surface area contributed by atoms with Crippen molar-refractivity contribution in [2.45, 2.75) is 13.0 Å². The Morgan fingerprint density at radius 1 is 1.08 bits per heavy atom. The van der Waals surface area contributed by atoms with E-state index in [0.717, 1.165) is 24.5 Å². The second kappa shape index (κ2) is 7.61. The minimum absolute atomic E-state index is 0.00818. The van der Waals surface area contributed by atoms with Gasteiger partial charge in [0.05, 0.1) is 5.69 Å². The number of aromatic nitrogens is 2. The lowest BCUT2D eigenvalue weighted by atomic mass is 10.1. The Labute approximate surface area is 149 Å². The van der Waals surface area contributed by atoms with Gasteiger partial charge in [0.15, 0.2) is 0 Å². The molecule has 1 amide bonds. The molecule has 6 heteroatoms. The van der Waals surface area contributed by atoms with Crippen LogP contribution in [0.2, 0.25) is 0 Å². The molecule has 0 saturated carbocycles. The average molecular weight is 339 g/mol. The first kappa shape index (κ1) is 17.4. The van der Waals surface area contributed by atoms with E-state index in [2.05, 4.69) is 27.9 Å². The topological polar surface area (TPSA) is 52.6 Å². The fourth-order valence-electron chi connectivity index (χ4n) is 3.10. The summed E-state index contributed by atoms with van der Waals surface area (Å²) in [5.41, 5.74) is 2.57. The fraction of sp³-hybridized carbons (Fsp3) is 0.421. The smallest absolute Gasteiger partial charge is 0.272 e. The van der Waals surface area contributed by atoms with Crippen LogP contribution in [0.4, 0.5) is 5.69 Å². The summed E-state index contributed by atoms with van der Waals surface area (Å²) in [4.78, 5) is 27.7. The van der Waals surface area contributed by atoms with Crippen LogP contribution in [0, 0.1) is 0 Å². The third-order valence-electron chi connectivity index (χ3n) is 4.74. The number of hydrogen-bond acceptors (Lipinski definition) is 5. The predicted molar refractivity (Wildman–Crippen MR) is 98.7 cm³/mol. The summed E-state index contributed by atoms with van der Waals surface area (Å²) in [5.74, 6) is 0.00818. The van der Waals surface area contributed by atoms with Crippen LogP contribution in [0.25, 0.3) is 0 Å². The van der Waals surface area contributed by atoms with Crippen LogP contribution in [0.5, 0.6) is 0 Å². The first-order valence-electron chi connectivity index (χ1n) is 8.64. The van der Waals surface area contributed by atoms with Gasteiger partial charge in [-0.05, 0) is 31.2 Å². The summed E-state index contributed by atoms with van der Waals surface area (Å²) in [6, 6.07) is 10.0. The summed E-state index contributed by atoms with van der Waals surface area (Å²) in [5, 5.41) is 0. The van der Waals surface area contributed by atoms with E-state index in [1.165, 1.54) is 0 Å². The molecule has 2 aromatic heterocycles. The van der Waals surface area contributed by atoms with Crippen molar-refractivity contribution in [1.82, 2.24) is 19.8 Å². The highest BCUT2D eigenvalue weighted by molar-refractivity contribution is 5.93. The maximum atomic E-state index is 12.7. The maximum absolute atomic E-state index is 12.7. The molecule has 1 atom stereocenters. The molecular weight excluding hydrogens is 314 g/mol. The van der Waals surface area contributed by atoms with Gasteiger partial charge < -0.3 is 9.80 Å². The number of piperazine rings is 1. The van der Waals surface area contributed by atoms with E-state index in [1.54, 1.807) is 6.20 Å². The molecule has 132 valence electrons. The molecule has 6 nitrogen and oxygen atoms in total. The van der Waals surface area contributed by atoms with Crippen LogP contribution in [0.3, 0.4) is 0 Å². The molecule has 1 aliphatic heterocycles. The Balaban J connectivity index is 1.62. The third kappa shape index (κ3) is 3.96. The van der Waals surface area contributed by atoms with Gasteiger partial charge in [0.1, 0.15) is 5.69 Å². The van der Waals surface area contributed by atoms with E-state index in [0.29, 0.717) is 18.8 Å². The van der Waals surface area contributed by atoms with E-state index in [9.17, 15) is 4.79 Å². The SMILES string of the molecule is CC(c1ccccn1)N1CCN(C(=O)c2cc(N(C)C)ccn2)CC1. The zero-order valence-corrected chi connectivity index (χ0v) is 15.1. The Morgan fingerprint density at radius 3 is 2.48 bits per heavy atom. The quantitative estimate of drug-likeness (QED) is 0.853. The van der Waals surface area contributed by atoms with Gasteiger partial charge >= 0.3 is 0 Å². The van der Waals surface area contributed by atoms with Crippen LogP contribution in [0.1, 0.15) is 29.1 Å². The maximum Gasteiger partial charge on any atom is 0.272 e. The number of carbonyl (C=O) groups is 1. The minimum Gasteiger partial charge on any atom is -0.378 e. The molecular formula is C19H25N5O. The molecule has 1 saturated heterocycles. The van der Waals surface area contributed by atoms with Crippen molar-refractivity contribution in [1.29, 1.82) is 0 Å². The Bertz CT molecular complexity index is 711. The van der Waals surface area contributed by atoms with Crippen molar-refractivity contribution in [3.05, 3.63) is 54.1 Å². The summed E-state index contributed by atoms with van der Waals surface area (Å²) >= 11 is 0. The van der Waals surface area contributed by atoms with Crippen LogP contribution >= 0.6 is 0 Å². The number of hydrogen-bond donors (Lipinski definition) is 0. The Hall–Kier alpha value is -2.47. The highest BCUT2D eigenvalue weighted by Crippen LogP contribution is 2.20. The highest BCUT2D eigenvalue weighted by atomic mass is 16.2. The van der Waals surface area contributed by atoms with Crippen molar-refractivity contribution in [3.63, 3.8) is 0 Å². The lowest BCUT2D eigenvalue weighted by Gasteiger charge is -2.37. The number of anilines is 1. The van der Waals surface area contributed by atoms with Gasteiger partial charge in [0, 0.05) is 64.4 Å².